The minimum absolute atomic E-state index is 0.210. The maximum atomic E-state index is 11.3. The monoisotopic (exact) mass is 307 g/mol. The summed E-state index contributed by atoms with van der Waals surface area (Å²) in [4.78, 5) is 0.210. The molecule has 0 spiro atoms. The first-order valence-electron chi connectivity index (χ1n) is 5.58. The van der Waals surface area contributed by atoms with Gasteiger partial charge in [0.1, 0.15) is 17.6 Å². The van der Waals surface area contributed by atoms with Crippen molar-refractivity contribution in [2.75, 3.05) is 6.26 Å². The summed E-state index contributed by atoms with van der Waals surface area (Å²) in [7, 11) is -3.24. The zero-order valence-electron chi connectivity index (χ0n) is 10.5. The summed E-state index contributed by atoms with van der Waals surface area (Å²) in [6.45, 7) is 0. The van der Waals surface area contributed by atoms with Crippen molar-refractivity contribution in [3.63, 3.8) is 0 Å². The number of benzene rings is 2. The van der Waals surface area contributed by atoms with Crippen LogP contribution in [0, 0.1) is 11.3 Å². The Morgan fingerprint density at radius 3 is 2.35 bits per heavy atom. The van der Waals surface area contributed by atoms with Gasteiger partial charge in [0.15, 0.2) is 9.84 Å². The van der Waals surface area contributed by atoms with Gasteiger partial charge in [0.25, 0.3) is 0 Å². The summed E-state index contributed by atoms with van der Waals surface area (Å²) >= 11 is 5.80. The largest absolute Gasteiger partial charge is 0.456 e. The molecular formula is C14H10ClNO3S. The van der Waals surface area contributed by atoms with Gasteiger partial charge in [-0.3, -0.25) is 0 Å². The second-order valence-electron chi connectivity index (χ2n) is 4.10. The quantitative estimate of drug-likeness (QED) is 0.871. The molecule has 0 aliphatic rings. The van der Waals surface area contributed by atoms with E-state index in [2.05, 4.69) is 0 Å². The standard InChI is InChI=1S/C14H10ClNO3S/c1-20(17,18)13-5-3-12(4-6-13)19-14-7-2-11(15)8-10(14)9-16/h2-8H,1H3. The lowest BCUT2D eigenvalue weighted by atomic mass is 10.2. The molecule has 0 unspecified atom stereocenters. The van der Waals surface area contributed by atoms with Crippen LogP contribution in [0.25, 0.3) is 0 Å². The van der Waals surface area contributed by atoms with Crippen molar-refractivity contribution < 1.29 is 13.2 Å². The summed E-state index contributed by atoms with van der Waals surface area (Å²) in [5.41, 5.74) is 0.310. The van der Waals surface area contributed by atoms with Crippen molar-refractivity contribution in [3.05, 3.63) is 53.1 Å². The Labute approximate surface area is 122 Å². The molecule has 2 rings (SSSR count). The lowest BCUT2D eigenvalue weighted by Crippen LogP contribution is -1.96. The van der Waals surface area contributed by atoms with Crippen molar-refractivity contribution in [1.82, 2.24) is 0 Å². The van der Waals surface area contributed by atoms with Gasteiger partial charge in [-0.2, -0.15) is 5.26 Å². The summed E-state index contributed by atoms with van der Waals surface area (Å²) in [5, 5.41) is 9.45. The molecule has 6 heteroatoms. The smallest absolute Gasteiger partial charge is 0.175 e. The molecule has 0 bridgehead atoms. The Morgan fingerprint density at radius 2 is 1.80 bits per heavy atom. The van der Waals surface area contributed by atoms with E-state index in [1.54, 1.807) is 12.1 Å². The second kappa shape index (κ2) is 5.53. The van der Waals surface area contributed by atoms with Crippen LogP contribution >= 0.6 is 11.6 Å². The van der Waals surface area contributed by atoms with Crippen LogP contribution in [0.3, 0.4) is 0 Å². The molecule has 0 atom stereocenters. The van der Waals surface area contributed by atoms with Gasteiger partial charge in [-0.25, -0.2) is 8.42 Å². The van der Waals surface area contributed by atoms with E-state index < -0.39 is 9.84 Å². The fraction of sp³-hybridized carbons (Fsp3) is 0.0714. The molecule has 0 aromatic heterocycles. The summed E-state index contributed by atoms with van der Waals surface area (Å²) in [6, 6.07) is 12.7. The van der Waals surface area contributed by atoms with E-state index in [9.17, 15) is 8.42 Å². The van der Waals surface area contributed by atoms with E-state index in [0.717, 1.165) is 6.26 Å². The Kier molecular flexibility index (Phi) is 3.98. The first kappa shape index (κ1) is 14.4. The number of rotatable bonds is 3. The van der Waals surface area contributed by atoms with Gasteiger partial charge in [0.05, 0.1) is 10.5 Å². The van der Waals surface area contributed by atoms with Crippen LogP contribution in [0.1, 0.15) is 5.56 Å². The normalized spacial score (nSPS) is 10.8. The molecule has 102 valence electrons. The lowest BCUT2D eigenvalue weighted by Gasteiger charge is -2.08. The van der Waals surface area contributed by atoms with Crippen LogP contribution in [0.4, 0.5) is 0 Å². The highest BCUT2D eigenvalue weighted by atomic mass is 35.5. The molecule has 0 saturated carbocycles. The molecule has 2 aromatic carbocycles. The topological polar surface area (TPSA) is 67.2 Å². The van der Waals surface area contributed by atoms with E-state index in [1.165, 1.54) is 30.3 Å². The number of hydrogen-bond donors (Lipinski definition) is 0. The molecule has 4 nitrogen and oxygen atoms in total. The van der Waals surface area contributed by atoms with Crippen molar-refractivity contribution >= 4 is 21.4 Å². The lowest BCUT2D eigenvalue weighted by molar-refractivity contribution is 0.480. The van der Waals surface area contributed by atoms with Crippen molar-refractivity contribution in [3.8, 4) is 17.6 Å². The van der Waals surface area contributed by atoms with Crippen LogP contribution in [-0.2, 0) is 9.84 Å². The highest BCUT2D eigenvalue weighted by Gasteiger charge is 2.08. The van der Waals surface area contributed by atoms with Gasteiger partial charge in [-0.15, -0.1) is 0 Å². The molecule has 0 saturated heterocycles. The van der Waals surface area contributed by atoms with Crippen LogP contribution < -0.4 is 4.74 Å². The molecule has 20 heavy (non-hydrogen) atoms. The maximum absolute atomic E-state index is 11.3. The highest BCUT2D eigenvalue weighted by molar-refractivity contribution is 7.90. The van der Waals surface area contributed by atoms with Gasteiger partial charge in [0, 0.05) is 11.3 Å². The fourth-order valence-corrected chi connectivity index (χ4v) is 2.36. The fourth-order valence-electron chi connectivity index (χ4n) is 1.56. The molecule has 2 aromatic rings. The Balaban J connectivity index is 2.30. The molecule has 0 fully saturated rings. The summed E-state index contributed by atoms with van der Waals surface area (Å²) in [5.74, 6) is 0.806. The van der Waals surface area contributed by atoms with Crippen molar-refractivity contribution in [2.24, 2.45) is 0 Å². The van der Waals surface area contributed by atoms with Crippen molar-refractivity contribution in [1.29, 1.82) is 5.26 Å². The van der Waals surface area contributed by atoms with Crippen LogP contribution in [0.15, 0.2) is 47.4 Å². The Morgan fingerprint density at radius 1 is 1.15 bits per heavy atom. The van der Waals surface area contributed by atoms with Crippen LogP contribution in [0.2, 0.25) is 5.02 Å². The number of halogens is 1. The van der Waals surface area contributed by atoms with Gasteiger partial charge in [-0.1, -0.05) is 11.6 Å². The second-order valence-corrected chi connectivity index (χ2v) is 6.55. The predicted molar refractivity (Wildman–Crippen MR) is 75.8 cm³/mol. The van der Waals surface area contributed by atoms with Gasteiger partial charge in [-0.05, 0) is 42.5 Å². The first-order valence-corrected chi connectivity index (χ1v) is 7.85. The SMILES string of the molecule is CS(=O)(=O)c1ccc(Oc2ccc(Cl)cc2C#N)cc1. The average molecular weight is 308 g/mol. The minimum atomic E-state index is -3.24. The zero-order chi connectivity index (χ0) is 14.8. The van der Waals surface area contributed by atoms with Crippen molar-refractivity contribution in [2.45, 2.75) is 4.90 Å². The van der Waals surface area contributed by atoms with Gasteiger partial charge < -0.3 is 4.74 Å². The molecule has 0 aliphatic heterocycles. The molecular weight excluding hydrogens is 298 g/mol. The third-order valence-electron chi connectivity index (χ3n) is 2.54. The average Bonchev–Trinajstić information content (AvgIpc) is 2.40. The summed E-state index contributed by atoms with van der Waals surface area (Å²) < 4.78 is 28.2. The number of sulfone groups is 1. The first-order chi connectivity index (χ1) is 9.40. The Bertz CT molecular complexity index is 777. The number of nitriles is 1. The summed E-state index contributed by atoms with van der Waals surface area (Å²) in [6.07, 6.45) is 1.13. The van der Waals surface area contributed by atoms with Crippen LogP contribution in [0.5, 0.6) is 11.5 Å². The number of ether oxygens (including phenoxy) is 1. The molecule has 0 aliphatic carbocycles. The number of hydrogen-bond acceptors (Lipinski definition) is 4. The van der Waals surface area contributed by atoms with E-state index in [-0.39, 0.29) is 4.90 Å². The zero-order valence-corrected chi connectivity index (χ0v) is 12.1. The molecule has 0 N–H and O–H groups in total. The van der Waals surface area contributed by atoms with Gasteiger partial charge >= 0.3 is 0 Å². The Hall–Kier alpha value is -2.03. The van der Waals surface area contributed by atoms with Gasteiger partial charge in [0.2, 0.25) is 0 Å². The minimum Gasteiger partial charge on any atom is -0.456 e. The third kappa shape index (κ3) is 3.29. The van der Waals surface area contributed by atoms with E-state index in [4.69, 9.17) is 21.6 Å². The third-order valence-corrected chi connectivity index (χ3v) is 3.91. The number of nitrogens with zero attached hydrogens (tertiary/aromatic N) is 1. The molecule has 0 amide bonds. The predicted octanol–water partition coefficient (Wildman–Crippen LogP) is 3.41. The maximum Gasteiger partial charge on any atom is 0.175 e. The van der Waals surface area contributed by atoms with E-state index >= 15 is 0 Å². The van der Waals surface area contributed by atoms with E-state index in [0.29, 0.717) is 22.1 Å². The molecule has 0 radical (unpaired) electrons. The van der Waals surface area contributed by atoms with E-state index in [1.807, 2.05) is 6.07 Å². The van der Waals surface area contributed by atoms with Crippen LogP contribution in [-0.4, -0.2) is 14.7 Å². The molecule has 0 heterocycles. The highest BCUT2D eigenvalue weighted by Crippen LogP contribution is 2.28.